The summed E-state index contributed by atoms with van der Waals surface area (Å²) in [6.07, 6.45) is -4.01. The number of non-ortho nitro benzene ring substituents is 1. The molecule has 0 radical (unpaired) electrons. The number of anilines is 1. The van der Waals surface area contributed by atoms with Crippen molar-refractivity contribution >= 4 is 33.1 Å². The van der Waals surface area contributed by atoms with Crippen molar-refractivity contribution in [2.24, 2.45) is 0 Å². The highest BCUT2D eigenvalue weighted by atomic mass is 35.5. The molecule has 29 heavy (non-hydrogen) atoms. The van der Waals surface area contributed by atoms with E-state index in [-0.39, 0.29) is 29.7 Å². The van der Waals surface area contributed by atoms with Gasteiger partial charge in [-0.1, -0.05) is 11.6 Å². The molecule has 1 aromatic heterocycles. The molecule has 0 aliphatic rings. The third kappa shape index (κ3) is 5.68. The number of nitro benzene ring substituents is 1. The van der Waals surface area contributed by atoms with Crippen LogP contribution in [0.4, 0.5) is 24.7 Å². The van der Waals surface area contributed by atoms with Crippen molar-refractivity contribution in [1.29, 1.82) is 0 Å². The highest BCUT2D eigenvalue weighted by molar-refractivity contribution is 7.89. The van der Waals surface area contributed by atoms with Gasteiger partial charge in [0.1, 0.15) is 16.5 Å². The van der Waals surface area contributed by atoms with Gasteiger partial charge in [-0.3, -0.25) is 10.1 Å². The summed E-state index contributed by atoms with van der Waals surface area (Å²) in [6.45, 7) is -0.290. The maximum absolute atomic E-state index is 12.6. The van der Waals surface area contributed by atoms with Gasteiger partial charge in [0, 0.05) is 31.4 Å². The van der Waals surface area contributed by atoms with Gasteiger partial charge in [0.15, 0.2) is 0 Å². The van der Waals surface area contributed by atoms with E-state index in [2.05, 4.69) is 15.0 Å². The average molecular weight is 455 g/mol. The molecule has 2 rings (SSSR count). The van der Waals surface area contributed by atoms with E-state index < -0.39 is 37.3 Å². The zero-order chi connectivity index (χ0) is 21.8. The number of nitrogens with one attached hydrogen (secondary N) is 2. The number of nitrogens with zero attached hydrogens (tertiary/aromatic N) is 2. The van der Waals surface area contributed by atoms with Crippen molar-refractivity contribution in [2.45, 2.75) is 11.1 Å². The zero-order valence-corrected chi connectivity index (χ0v) is 16.2. The molecule has 2 aromatic rings. The molecule has 1 aromatic carbocycles. The number of rotatable bonds is 8. The topological polar surface area (TPSA) is 123 Å². The fraction of sp³-hybridized carbons (Fsp3) is 0.267. The van der Waals surface area contributed by atoms with Gasteiger partial charge in [-0.15, -0.1) is 0 Å². The molecule has 1 heterocycles. The molecule has 0 aliphatic carbocycles. The molecule has 0 bridgehead atoms. The minimum Gasteiger partial charge on any atom is -0.495 e. The average Bonchev–Trinajstić information content (AvgIpc) is 2.64. The number of alkyl halides is 3. The van der Waals surface area contributed by atoms with Crippen LogP contribution in [0.5, 0.6) is 5.75 Å². The first-order valence-electron chi connectivity index (χ1n) is 7.74. The lowest BCUT2D eigenvalue weighted by Crippen LogP contribution is -2.29. The van der Waals surface area contributed by atoms with Gasteiger partial charge in [0.25, 0.3) is 5.69 Å². The van der Waals surface area contributed by atoms with Crippen molar-refractivity contribution in [1.82, 2.24) is 9.71 Å². The monoisotopic (exact) mass is 454 g/mol. The Morgan fingerprint density at radius 3 is 2.52 bits per heavy atom. The second-order valence-corrected chi connectivity index (χ2v) is 7.61. The molecule has 0 unspecified atom stereocenters. The van der Waals surface area contributed by atoms with Crippen LogP contribution < -0.4 is 14.8 Å². The third-order valence-electron chi connectivity index (χ3n) is 3.53. The molecular weight excluding hydrogens is 441 g/mol. The van der Waals surface area contributed by atoms with Crippen molar-refractivity contribution in [3.63, 3.8) is 0 Å². The fourth-order valence-electron chi connectivity index (χ4n) is 2.16. The van der Waals surface area contributed by atoms with Gasteiger partial charge in [-0.05, 0) is 12.1 Å². The van der Waals surface area contributed by atoms with Gasteiger partial charge in [-0.25, -0.2) is 18.1 Å². The van der Waals surface area contributed by atoms with E-state index in [1.165, 1.54) is 7.11 Å². The number of ether oxygens (including phenoxy) is 1. The number of pyridine rings is 1. The Bertz CT molecular complexity index is 1020. The SMILES string of the molecule is COc1ccc([N+](=O)[O-])cc1S(=O)(=O)NCCNc1ncc(C(F)(F)F)cc1Cl. The van der Waals surface area contributed by atoms with Crippen molar-refractivity contribution in [3.8, 4) is 5.75 Å². The predicted molar refractivity (Wildman–Crippen MR) is 97.6 cm³/mol. The van der Waals surface area contributed by atoms with Crippen LogP contribution in [0, 0.1) is 10.1 Å². The van der Waals surface area contributed by atoms with Crippen LogP contribution in [0.1, 0.15) is 5.56 Å². The molecule has 0 saturated heterocycles. The van der Waals surface area contributed by atoms with Crippen LogP contribution in [0.2, 0.25) is 5.02 Å². The maximum Gasteiger partial charge on any atom is 0.417 e. The summed E-state index contributed by atoms with van der Waals surface area (Å²) < 4.78 is 69.7. The summed E-state index contributed by atoms with van der Waals surface area (Å²) in [5, 5.41) is 13.2. The number of hydrogen-bond acceptors (Lipinski definition) is 7. The molecule has 9 nitrogen and oxygen atoms in total. The first-order chi connectivity index (χ1) is 13.5. The number of hydrogen-bond donors (Lipinski definition) is 2. The summed E-state index contributed by atoms with van der Waals surface area (Å²) in [5.41, 5.74) is -1.46. The Balaban J connectivity index is 2.05. The number of halogens is 4. The molecule has 0 spiro atoms. The second-order valence-electron chi connectivity index (χ2n) is 5.47. The quantitative estimate of drug-likeness (QED) is 0.357. The molecule has 0 atom stereocenters. The Hall–Kier alpha value is -2.64. The molecule has 158 valence electrons. The van der Waals surface area contributed by atoms with Gasteiger partial charge in [-0.2, -0.15) is 13.2 Å². The zero-order valence-electron chi connectivity index (χ0n) is 14.7. The molecular formula is C15H14ClF3N4O5S. The number of sulfonamides is 1. The second kappa shape index (κ2) is 8.80. The summed E-state index contributed by atoms with van der Waals surface area (Å²) in [4.78, 5) is 13.2. The number of methoxy groups -OCH3 is 1. The summed E-state index contributed by atoms with van der Waals surface area (Å²) in [7, 11) is -2.96. The Labute approximate surface area is 168 Å². The number of aromatic nitrogens is 1. The normalized spacial score (nSPS) is 11.9. The minimum absolute atomic E-state index is 0.0632. The predicted octanol–water partition coefficient (Wildman–Crippen LogP) is 3.06. The Kier molecular flexibility index (Phi) is 6.87. The molecule has 0 amide bonds. The lowest BCUT2D eigenvalue weighted by Gasteiger charge is -2.12. The van der Waals surface area contributed by atoms with Crippen LogP contribution in [0.15, 0.2) is 35.4 Å². The number of benzene rings is 1. The standard InChI is InChI=1S/C15H14ClF3N4O5S/c1-28-12-3-2-10(23(24)25)7-13(12)29(26,27)22-5-4-20-14-11(16)6-9(8-21-14)15(17,18)19/h2-3,6-8,22H,4-5H2,1H3,(H,20,21). The number of nitro groups is 1. The molecule has 14 heteroatoms. The molecule has 0 aliphatic heterocycles. The van der Waals surface area contributed by atoms with E-state index in [9.17, 15) is 31.7 Å². The van der Waals surface area contributed by atoms with Crippen LogP contribution in [-0.4, -0.2) is 38.5 Å². The highest BCUT2D eigenvalue weighted by Gasteiger charge is 2.31. The molecule has 0 fully saturated rings. The smallest absolute Gasteiger partial charge is 0.417 e. The first kappa shape index (κ1) is 22.6. The van der Waals surface area contributed by atoms with Crippen molar-refractivity contribution in [2.75, 3.05) is 25.5 Å². The third-order valence-corrected chi connectivity index (χ3v) is 5.30. The highest BCUT2D eigenvalue weighted by Crippen LogP contribution is 2.32. The van der Waals surface area contributed by atoms with E-state index in [1.54, 1.807) is 0 Å². The van der Waals surface area contributed by atoms with E-state index >= 15 is 0 Å². The first-order valence-corrected chi connectivity index (χ1v) is 9.60. The van der Waals surface area contributed by atoms with E-state index in [0.29, 0.717) is 12.3 Å². The minimum atomic E-state index is -4.60. The van der Waals surface area contributed by atoms with Gasteiger partial charge in [0.05, 0.1) is 22.6 Å². The molecule has 2 N–H and O–H groups in total. The van der Waals surface area contributed by atoms with Crippen LogP contribution in [0.25, 0.3) is 0 Å². The van der Waals surface area contributed by atoms with E-state index in [1.807, 2.05) is 0 Å². The Morgan fingerprint density at radius 1 is 1.28 bits per heavy atom. The largest absolute Gasteiger partial charge is 0.495 e. The molecule has 0 saturated carbocycles. The van der Waals surface area contributed by atoms with Crippen molar-refractivity contribution in [3.05, 3.63) is 51.2 Å². The summed E-state index contributed by atoms with van der Waals surface area (Å²) in [6, 6.07) is 3.78. The van der Waals surface area contributed by atoms with Crippen molar-refractivity contribution < 1.29 is 31.2 Å². The van der Waals surface area contributed by atoms with E-state index in [0.717, 1.165) is 18.2 Å². The lowest BCUT2D eigenvalue weighted by molar-refractivity contribution is -0.385. The van der Waals surface area contributed by atoms with Crippen LogP contribution >= 0.6 is 11.6 Å². The summed E-state index contributed by atoms with van der Waals surface area (Å²) >= 11 is 5.74. The van der Waals surface area contributed by atoms with Gasteiger partial charge >= 0.3 is 6.18 Å². The lowest BCUT2D eigenvalue weighted by atomic mass is 10.3. The Morgan fingerprint density at radius 2 is 1.97 bits per heavy atom. The van der Waals surface area contributed by atoms with Crippen LogP contribution in [-0.2, 0) is 16.2 Å². The maximum atomic E-state index is 12.6. The van der Waals surface area contributed by atoms with E-state index in [4.69, 9.17) is 16.3 Å². The summed E-state index contributed by atoms with van der Waals surface area (Å²) in [5.74, 6) is -0.157. The van der Waals surface area contributed by atoms with Gasteiger partial charge < -0.3 is 10.1 Å². The van der Waals surface area contributed by atoms with Crippen LogP contribution in [0.3, 0.4) is 0 Å². The fourth-order valence-corrected chi connectivity index (χ4v) is 3.61. The van der Waals surface area contributed by atoms with Gasteiger partial charge in [0.2, 0.25) is 10.0 Å².